The Bertz CT molecular complexity index is 542. The molecule has 102 valence electrons. The van der Waals surface area contributed by atoms with Crippen LogP contribution in [-0.4, -0.2) is 11.8 Å². The molecule has 3 N–H and O–H groups in total. The number of hydrogen-bond donors (Lipinski definition) is 2. The van der Waals surface area contributed by atoms with E-state index in [2.05, 4.69) is 18.3 Å². The molecule has 2 rings (SSSR count). The molecule has 1 fully saturated rings. The maximum atomic E-state index is 12.1. The molecule has 0 spiro atoms. The van der Waals surface area contributed by atoms with E-state index in [1.807, 2.05) is 13.8 Å². The van der Waals surface area contributed by atoms with Crippen molar-refractivity contribution in [3.05, 3.63) is 10.4 Å². The number of ketones is 1. The predicted molar refractivity (Wildman–Crippen MR) is 78.4 cm³/mol. The standard InChI is InChI=1S/C14H19N3OS/c1-4-8-5-10(8)17-14-9(6-15)11(16)13(19-14)12(18)7(2)3/h7-8,10,17H,4-5,16H2,1-3H3. The lowest BCUT2D eigenvalue weighted by Crippen LogP contribution is -2.07. The van der Waals surface area contributed by atoms with Crippen LogP contribution in [-0.2, 0) is 0 Å². The van der Waals surface area contributed by atoms with Crippen molar-refractivity contribution in [1.82, 2.24) is 0 Å². The molecule has 1 aliphatic carbocycles. The third-order valence-electron chi connectivity index (χ3n) is 3.57. The first-order valence-electron chi connectivity index (χ1n) is 6.62. The van der Waals surface area contributed by atoms with E-state index in [1.54, 1.807) is 0 Å². The molecule has 0 aromatic carbocycles. The molecule has 0 aliphatic heterocycles. The maximum absolute atomic E-state index is 12.1. The van der Waals surface area contributed by atoms with Crippen molar-refractivity contribution < 1.29 is 4.79 Å². The fourth-order valence-electron chi connectivity index (χ4n) is 2.15. The number of nitrogens with one attached hydrogen (secondary N) is 1. The summed E-state index contributed by atoms with van der Waals surface area (Å²) in [5, 5.41) is 13.3. The van der Waals surface area contributed by atoms with Crippen molar-refractivity contribution >= 4 is 27.8 Å². The minimum Gasteiger partial charge on any atom is -0.396 e. The van der Waals surface area contributed by atoms with Gasteiger partial charge in [0.1, 0.15) is 16.6 Å². The minimum absolute atomic E-state index is 0.00916. The number of nitrogens with zero attached hydrogens (tertiary/aromatic N) is 1. The van der Waals surface area contributed by atoms with Crippen LogP contribution in [0.1, 0.15) is 48.8 Å². The fourth-order valence-corrected chi connectivity index (χ4v) is 3.37. The summed E-state index contributed by atoms with van der Waals surface area (Å²) in [4.78, 5) is 12.6. The second-order valence-electron chi connectivity index (χ2n) is 5.33. The molecular formula is C14H19N3OS. The number of Topliss-reactive ketones (excluding diaryl/α,β-unsaturated/α-hetero) is 1. The number of anilines is 2. The Morgan fingerprint density at radius 3 is 2.79 bits per heavy atom. The summed E-state index contributed by atoms with van der Waals surface area (Å²) in [6.45, 7) is 5.84. The minimum atomic E-state index is -0.107. The Kier molecular flexibility index (Phi) is 3.81. The molecule has 1 heterocycles. The molecule has 1 aliphatic rings. The molecule has 1 aromatic heterocycles. The molecule has 1 aromatic rings. The van der Waals surface area contributed by atoms with Crippen molar-refractivity contribution in [2.45, 2.75) is 39.7 Å². The first-order valence-corrected chi connectivity index (χ1v) is 7.44. The average molecular weight is 277 g/mol. The highest BCUT2D eigenvalue weighted by Crippen LogP contribution is 2.42. The van der Waals surface area contributed by atoms with Gasteiger partial charge < -0.3 is 11.1 Å². The number of carbonyl (C=O) groups excluding carboxylic acids is 1. The number of carbonyl (C=O) groups is 1. The Morgan fingerprint density at radius 1 is 1.63 bits per heavy atom. The first-order chi connectivity index (χ1) is 8.99. The van der Waals surface area contributed by atoms with E-state index in [4.69, 9.17) is 5.73 Å². The van der Waals surface area contributed by atoms with Crippen LogP contribution in [0.3, 0.4) is 0 Å². The van der Waals surface area contributed by atoms with E-state index >= 15 is 0 Å². The number of hydrogen-bond acceptors (Lipinski definition) is 5. The van der Waals surface area contributed by atoms with Crippen LogP contribution in [0.25, 0.3) is 0 Å². The van der Waals surface area contributed by atoms with Gasteiger partial charge in [-0.2, -0.15) is 5.26 Å². The van der Waals surface area contributed by atoms with E-state index in [0.29, 0.717) is 28.1 Å². The summed E-state index contributed by atoms with van der Waals surface area (Å²) < 4.78 is 0. The molecule has 0 radical (unpaired) electrons. The van der Waals surface area contributed by atoms with Gasteiger partial charge in [0.2, 0.25) is 0 Å². The van der Waals surface area contributed by atoms with Crippen molar-refractivity contribution in [3.63, 3.8) is 0 Å². The lowest BCUT2D eigenvalue weighted by Gasteiger charge is -2.02. The zero-order chi connectivity index (χ0) is 14.2. The average Bonchev–Trinajstić information content (AvgIpc) is 3.05. The van der Waals surface area contributed by atoms with Gasteiger partial charge in [-0.3, -0.25) is 4.79 Å². The topological polar surface area (TPSA) is 78.9 Å². The molecule has 0 saturated heterocycles. The fraction of sp³-hybridized carbons (Fsp3) is 0.571. The van der Waals surface area contributed by atoms with Gasteiger partial charge in [0.05, 0.1) is 10.6 Å². The third-order valence-corrected chi connectivity index (χ3v) is 4.72. The van der Waals surface area contributed by atoms with Gasteiger partial charge >= 0.3 is 0 Å². The monoisotopic (exact) mass is 277 g/mol. The third kappa shape index (κ3) is 2.59. The van der Waals surface area contributed by atoms with Gasteiger partial charge in [-0.25, -0.2) is 0 Å². The largest absolute Gasteiger partial charge is 0.396 e. The van der Waals surface area contributed by atoms with E-state index in [1.165, 1.54) is 11.3 Å². The predicted octanol–water partition coefficient (Wildman–Crippen LogP) is 3.25. The summed E-state index contributed by atoms with van der Waals surface area (Å²) in [6.07, 6.45) is 2.27. The highest BCUT2D eigenvalue weighted by Gasteiger charge is 2.36. The molecule has 5 heteroatoms. The van der Waals surface area contributed by atoms with Crippen molar-refractivity contribution in [1.29, 1.82) is 5.26 Å². The van der Waals surface area contributed by atoms with E-state index < -0.39 is 0 Å². The zero-order valence-electron chi connectivity index (χ0n) is 11.5. The molecule has 0 amide bonds. The SMILES string of the molecule is CCC1CC1Nc1sc(C(=O)C(C)C)c(N)c1C#N. The molecule has 2 atom stereocenters. The van der Waals surface area contributed by atoms with Gasteiger partial charge in [0.25, 0.3) is 0 Å². The van der Waals surface area contributed by atoms with Crippen molar-refractivity contribution in [3.8, 4) is 6.07 Å². The lowest BCUT2D eigenvalue weighted by atomic mass is 10.1. The van der Waals surface area contributed by atoms with Crippen LogP contribution in [0.2, 0.25) is 0 Å². The highest BCUT2D eigenvalue weighted by molar-refractivity contribution is 7.19. The Balaban J connectivity index is 2.27. The summed E-state index contributed by atoms with van der Waals surface area (Å²) >= 11 is 1.32. The highest BCUT2D eigenvalue weighted by atomic mass is 32.1. The molecule has 2 unspecified atom stereocenters. The number of rotatable bonds is 5. The van der Waals surface area contributed by atoms with Gasteiger partial charge in [0.15, 0.2) is 5.78 Å². The Labute approximate surface area is 117 Å². The summed E-state index contributed by atoms with van der Waals surface area (Å²) in [5.41, 5.74) is 6.71. The summed E-state index contributed by atoms with van der Waals surface area (Å²) in [7, 11) is 0. The van der Waals surface area contributed by atoms with E-state index in [9.17, 15) is 10.1 Å². The second kappa shape index (κ2) is 5.22. The first kappa shape index (κ1) is 13.9. The Hall–Kier alpha value is -1.54. The number of nitriles is 1. The second-order valence-corrected chi connectivity index (χ2v) is 6.36. The van der Waals surface area contributed by atoms with Gasteiger partial charge in [-0.05, 0) is 12.3 Å². The lowest BCUT2D eigenvalue weighted by molar-refractivity contribution is 0.0944. The van der Waals surface area contributed by atoms with E-state index in [-0.39, 0.29) is 11.7 Å². The number of nitrogen functional groups attached to an aromatic ring is 1. The molecule has 4 nitrogen and oxygen atoms in total. The molecule has 1 saturated carbocycles. The van der Waals surface area contributed by atoms with Crippen LogP contribution in [0.4, 0.5) is 10.7 Å². The van der Waals surface area contributed by atoms with Crippen LogP contribution >= 0.6 is 11.3 Å². The van der Waals surface area contributed by atoms with E-state index in [0.717, 1.165) is 17.8 Å². The Morgan fingerprint density at radius 2 is 2.32 bits per heavy atom. The molecular weight excluding hydrogens is 258 g/mol. The summed E-state index contributed by atoms with van der Waals surface area (Å²) in [6, 6.07) is 2.54. The zero-order valence-corrected chi connectivity index (χ0v) is 12.3. The normalized spacial score (nSPS) is 21.2. The van der Waals surface area contributed by atoms with Crippen molar-refractivity contribution in [2.75, 3.05) is 11.1 Å². The van der Waals surface area contributed by atoms with Crippen LogP contribution in [0, 0.1) is 23.2 Å². The van der Waals surface area contributed by atoms with Gasteiger partial charge in [-0.1, -0.05) is 27.2 Å². The maximum Gasteiger partial charge on any atom is 0.177 e. The van der Waals surface area contributed by atoms with Gasteiger partial charge in [0, 0.05) is 12.0 Å². The number of nitrogens with two attached hydrogens (primary N) is 1. The molecule has 19 heavy (non-hydrogen) atoms. The quantitative estimate of drug-likeness (QED) is 0.810. The van der Waals surface area contributed by atoms with Gasteiger partial charge in [-0.15, -0.1) is 11.3 Å². The number of thiophene rings is 1. The smallest absolute Gasteiger partial charge is 0.177 e. The van der Waals surface area contributed by atoms with Crippen LogP contribution in [0.5, 0.6) is 0 Å². The van der Waals surface area contributed by atoms with Crippen LogP contribution < -0.4 is 11.1 Å². The molecule has 0 bridgehead atoms. The van der Waals surface area contributed by atoms with Crippen LogP contribution in [0.15, 0.2) is 0 Å². The van der Waals surface area contributed by atoms with Crippen molar-refractivity contribution in [2.24, 2.45) is 11.8 Å². The summed E-state index contributed by atoms with van der Waals surface area (Å²) in [5.74, 6) is 0.582.